The molecule has 0 unspecified atom stereocenters. The van der Waals surface area contributed by atoms with Crippen LogP contribution in [0.3, 0.4) is 0 Å². The fourth-order valence-corrected chi connectivity index (χ4v) is 1.78. The third kappa shape index (κ3) is 6.99. The molecule has 3 heteroatoms. The Kier molecular flexibility index (Phi) is 7.01. The van der Waals surface area contributed by atoms with Crippen molar-refractivity contribution in [2.75, 3.05) is 25.9 Å². The Morgan fingerprint density at radius 1 is 1.38 bits per heavy atom. The molecule has 0 fully saturated rings. The Bertz CT molecular complexity index is 524. The molecule has 2 N–H and O–H groups in total. The zero-order chi connectivity index (χ0) is 15.7. The molecule has 0 radical (unpaired) electrons. The molecule has 3 nitrogen and oxygen atoms in total. The van der Waals surface area contributed by atoms with Gasteiger partial charge in [-0.15, -0.1) is 0 Å². The maximum atomic E-state index is 5.81. The number of methoxy groups -OCH3 is 1. The second-order valence-corrected chi connectivity index (χ2v) is 5.46. The summed E-state index contributed by atoms with van der Waals surface area (Å²) in [6.45, 7) is 8.80. The smallest absolute Gasteiger partial charge is 0.123 e. The molecule has 0 amide bonds. The maximum Gasteiger partial charge on any atom is 0.123 e. The first-order valence-corrected chi connectivity index (χ1v) is 7.26. The molecule has 0 aliphatic carbocycles. The van der Waals surface area contributed by atoms with Gasteiger partial charge in [-0.3, -0.25) is 4.90 Å². The van der Waals surface area contributed by atoms with Crippen molar-refractivity contribution in [3.05, 3.63) is 42.0 Å². The number of allylic oxidation sites excluding steroid dienone is 1. The summed E-state index contributed by atoms with van der Waals surface area (Å²) in [4.78, 5) is 2.33. The van der Waals surface area contributed by atoms with Gasteiger partial charge in [0, 0.05) is 25.9 Å². The quantitative estimate of drug-likeness (QED) is 0.645. The fourth-order valence-electron chi connectivity index (χ4n) is 1.78. The first-order valence-electron chi connectivity index (χ1n) is 7.26. The van der Waals surface area contributed by atoms with E-state index in [4.69, 9.17) is 10.5 Å². The van der Waals surface area contributed by atoms with Crippen LogP contribution >= 0.6 is 0 Å². The number of nitrogens with two attached hydrogens (primary N) is 1. The van der Waals surface area contributed by atoms with Gasteiger partial charge in [-0.2, -0.15) is 0 Å². The van der Waals surface area contributed by atoms with Gasteiger partial charge < -0.3 is 10.5 Å². The first-order chi connectivity index (χ1) is 9.96. The summed E-state index contributed by atoms with van der Waals surface area (Å²) in [6.07, 6.45) is 3.97. The Morgan fingerprint density at radius 2 is 2.14 bits per heavy atom. The molecule has 0 heterocycles. The van der Waals surface area contributed by atoms with Gasteiger partial charge in [0.25, 0.3) is 0 Å². The lowest BCUT2D eigenvalue weighted by Gasteiger charge is -2.18. The van der Waals surface area contributed by atoms with Gasteiger partial charge in [0.2, 0.25) is 0 Å². The van der Waals surface area contributed by atoms with Crippen molar-refractivity contribution in [3.8, 4) is 11.8 Å². The molecule has 21 heavy (non-hydrogen) atoms. The van der Waals surface area contributed by atoms with Crippen LogP contribution < -0.4 is 5.73 Å². The molecule has 1 rings (SSSR count). The van der Waals surface area contributed by atoms with Crippen LogP contribution in [0.2, 0.25) is 0 Å². The van der Waals surface area contributed by atoms with Gasteiger partial charge in [-0.1, -0.05) is 37.0 Å². The minimum absolute atomic E-state index is 0.393. The Hall–Kier alpha value is -1.76. The van der Waals surface area contributed by atoms with E-state index < -0.39 is 5.60 Å². The monoisotopic (exact) mass is 286 g/mol. The molecule has 0 atom stereocenters. The van der Waals surface area contributed by atoms with E-state index in [1.165, 1.54) is 5.56 Å². The van der Waals surface area contributed by atoms with Crippen LogP contribution in [0.25, 0.3) is 0 Å². The van der Waals surface area contributed by atoms with Gasteiger partial charge in [0.15, 0.2) is 0 Å². The summed E-state index contributed by atoms with van der Waals surface area (Å²) >= 11 is 0. The van der Waals surface area contributed by atoms with Crippen LogP contribution in [0.4, 0.5) is 5.69 Å². The Morgan fingerprint density at radius 3 is 2.76 bits per heavy atom. The molecular weight excluding hydrogens is 260 g/mol. The number of likely N-dealkylation sites (N-methyl/N-ethyl adjacent to an activating group) is 1. The number of hydrogen-bond donors (Lipinski definition) is 1. The molecule has 0 saturated carbocycles. The van der Waals surface area contributed by atoms with Crippen LogP contribution in [0.1, 0.15) is 26.3 Å². The number of anilines is 1. The second-order valence-electron chi connectivity index (χ2n) is 5.46. The highest BCUT2D eigenvalue weighted by Crippen LogP contribution is 2.09. The molecule has 0 saturated heterocycles. The normalized spacial score (nSPS) is 11.7. The van der Waals surface area contributed by atoms with E-state index in [1.54, 1.807) is 7.11 Å². The number of hydrogen-bond acceptors (Lipinski definition) is 3. The number of nitrogens with zero attached hydrogens (tertiary/aromatic N) is 1. The molecule has 1 aromatic rings. The highest BCUT2D eigenvalue weighted by Gasteiger charge is 2.10. The van der Waals surface area contributed by atoms with Crippen molar-refractivity contribution in [3.63, 3.8) is 0 Å². The predicted molar refractivity (Wildman–Crippen MR) is 89.8 cm³/mol. The van der Waals surface area contributed by atoms with Gasteiger partial charge in [-0.05, 0) is 44.2 Å². The van der Waals surface area contributed by atoms with Crippen molar-refractivity contribution in [2.24, 2.45) is 0 Å². The van der Waals surface area contributed by atoms with E-state index in [2.05, 4.69) is 35.8 Å². The lowest BCUT2D eigenvalue weighted by atomic mass is 10.1. The summed E-state index contributed by atoms with van der Waals surface area (Å²) in [5, 5.41) is 0. The average molecular weight is 286 g/mol. The van der Waals surface area contributed by atoms with Gasteiger partial charge in [0.05, 0.1) is 0 Å². The van der Waals surface area contributed by atoms with E-state index in [9.17, 15) is 0 Å². The molecule has 0 aliphatic rings. The standard InChI is InChI=1S/C18H26N2O/c1-5-20(15-16-10-9-11-17(19)14-16)13-8-6-7-12-18(2,3)21-4/h6,8-11,14H,5,13,15,19H2,1-4H3/b8-6+. The number of rotatable bonds is 6. The number of benzene rings is 1. The van der Waals surface area contributed by atoms with E-state index in [0.717, 1.165) is 25.3 Å². The van der Waals surface area contributed by atoms with Crippen LogP contribution in [0, 0.1) is 11.8 Å². The van der Waals surface area contributed by atoms with Gasteiger partial charge in [0.1, 0.15) is 5.60 Å². The van der Waals surface area contributed by atoms with Crippen molar-refractivity contribution in [2.45, 2.75) is 32.9 Å². The number of nitrogen functional groups attached to an aromatic ring is 1. The van der Waals surface area contributed by atoms with Gasteiger partial charge in [-0.25, -0.2) is 0 Å². The average Bonchev–Trinajstić information content (AvgIpc) is 2.45. The third-order valence-electron chi connectivity index (χ3n) is 3.25. The molecule has 0 aliphatic heterocycles. The summed E-state index contributed by atoms with van der Waals surface area (Å²) in [5.74, 6) is 6.09. The van der Waals surface area contributed by atoms with Crippen molar-refractivity contribution in [1.82, 2.24) is 4.90 Å². The van der Waals surface area contributed by atoms with E-state index in [1.807, 2.05) is 38.1 Å². The third-order valence-corrected chi connectivity index (χ3v) is 3.25. The summed E-state index contributed by atoms with van der Waals surface area (Å²) in [5.41, 5.74) is 7.46. The summed E-state index contributed by atoms with van der Waals surface area (Å²) < 4.78 is 5.25. The molecule has 1 aromatic carbocycles. The Labute approximate surface area is 128 Å². The number of ether oxygens (including phenoxy) is 1. The largest absolute Gasteiger partial charge is 0.399 e. The highest BCUT2D eigenvalue weighted by molar-refractivity contribution is 5.40. The first kappa shape index (κ1) is 17.3. The SMILES string of the molecule is CCN(C/C=C/C#CC(C)(C)OC)Cc1cccc(N)c1. The summed E-state index contributed by atoms with van der Waals surface area (Å²) in [6, 6.07) is 8.02. The minimum Gasteiger partial charge on any atom is -0.399 e. The van der Waals surface area contributed by atoms with E-state index in [-0.39, 0.29) is 0 Å². The lowest BCUT2D eigenvalue weighted by Crippen LogP contribution is -2.22. The van der Waals surface area contributed by atoms with Crippen molar-refractivity contribution >= 4 is 5.69 Å². The van der Waals surface area contributed by atoms with Crippen molar-refractivity contribution in [1.29, 1.82) is 0 Å². The zero-order valence-electron chi connectivity index (χ0n) is 13.5. The molecule has 0 bridgehead atoms. The zero-order valence-corrected chi connectivity index (χ0v) is 13.5. The predicted octanol–water partition coefficient (Wildman–Crippen LogP) is 3.08. The van der Waals surface area contributed by atoms with Crippen LogP contribution in [0.15, 0.2) is 36.4 Å². The molecular formula is C18H26N2O. The van der Waals surface area contributed by atoms with E-state index in [0.29, 0.717) is 0 Å². The summed E-state index contributed by atoms with van der Waals surface area (Å²) in [7, 11) is 1.67. The maximum absolute atomic E-state index is 5.81. The lowest BCUT2D eigenvalue weighted by molar-refractivity contribution is 0.0742. The molecule has 0 spiro atoms. The minimum atomic E-state index is -0.393. The molecule has 0 aromatic heterocycles. The van der Waals surface area contributed by atoms with E-state index >= 15 is 0 Å². The molecule has 114 valence electrons. The van der Waals surface area contributed by atoms with Crippen LogP contribution in [-0.2, 0) is 11.3 Å². The highest BCUT2D eigenvalue weighted by atomic mass is 16.5. The van der Waals surface area contributed by atoms with Gasteiger partial charge >= 0.3 is 0 Å². The second kappa shape index (κ2) is 8.51. The fraction of sp³-hybridized carbons (Fsp3) is 0.444. The van der Waals surface area contributed by atoms with Crippen LogP contribution in [-0.4, -0.2) is 30.7 Å². The van der Waals surface area contributed by atoms with Crippen LogP contribution in [0.5, 0.6) is 0 Å². The Balaban J connectivity index is 2.51. The van der Waals surface area contributed by atoms with Crippen molar-refractivity contribution < 1.29 is 4.74 Å². The topological polar surface area (TPSA) is 38.5 Å².